The minimum absolute atomic E-state index is 0.254. The van der Waals surface area contributed by atoms with Crippen LogP contribution in [0, 0.1) is 11.3 Å². The van der Waals surface area contributed by atoms with Crippen LogP contribution in [-0.2, 0) is 27.3 Å². The molecule has 0 radical (unpaired) electrons. The fourth-order valence-electron chi connectivity index (χ4n) is 3.20. The van der Waals surface area contributed by atoms with E-state index in [9.17, 15) is 9.59 Å². The van der Waals surface area contributed by atoms with Gasteiger partial charge in [0.15, 0.2) is 18.1 Å². The molecule has 7 heteroatoms. The summed E-state index contributed by atoms with van der Waals surface area (Å²) < 4.78 is 15.7. The molecule has 0 saturated carbocycles. The lowest BCUT2D eigenvalue weighted by molar-refractivity contribution is -0.148. The van der Waals surface area contributed by atoms with Crippen molar-refractivity contribution >= 4 is 18.0 Å². The molecule has 0 saturated heterocycles. The lowest BCUT2D eigenvalue weighted by Gasteiger charge is -2.29. The first kappa shape index (κ1) is 20.9. The van der Waals surface area contributed by atoms with Crippen LogP contribution in [0.5, 0.6) is 11.5 Å². The molecule has 0 spiro atoms. The van der Waals surface area contributed by atoms with Gasteiger partial charge in [0.05, 0.1) is 25.9 Å². The van der Waals surface area contributed by atoms with Gasteiger partial charge in [-0.3, -0.25) is 4.79 Å². The average Bonchev–Trinajstić information content (AvgIpc) is 2.80. The summed E-state index contributed by atoms with van der Waals surface area (Å²) in [6.45, 7) is 0.645. The van der Waals surface area contributed by atoms with Crippen LogP contribution in [0.2, 0.25) is 0 Å². The SMILES string of the molecule is COc1cc2c(cc1OC)CN(C(=O)COC(=O)/C=C/c1ccc(C#N)cc1)CC2. The number of methoxy groups -OCH3 is 2. The zero-order valence-corrected chi connectivity index (χ0v) is 16.9. The number of rotatable bonds is 6. The molecule has 0 N–H and O–H groups in total. The molecule has 0 aliphatic carbocycles. The number of carbonyl (C=O) groups is 2. The van der Waals surface area contributed by atoms with E-state index in [1.165, 1.54) is 6.08 Å². The lowest BCUT2D eigenvalue weighted by atomic mass is 9.99. The van der Waals surface area contributed by atoms with Gasteiger partial charge in [-0.2, -0.15) is 5.26 Å². The van der Waals surface area contributed by atoms with E-state index < -0.39 is 5.97 Å². The maximum atomic E-state index is 12.5. The number of carbonyl (C=O) groups excluding carboxylic acids is 2. The van der Waals surface area contributed by atoms with Crippen molar-refractivity contribution in [3.8, 4) is 17.6 Å². The zero-order valence-electron chi connectivity index (χ0n) is 16.9. The Morgan fingerprint density at radius 1 is 1.10 bits per heavy atom. The van der Waals surface area contributed by atoms with Gasteiger partial charge in [-0.15, -0.1) is 0 Å². The van der Waals surface area contributed by atoms with E-state index in [-0.39, 0.29) is 12.5 Å². The van der Waals surface area contributed by atoms with Crippen LogP contribution in [0.4, 0.5) is 0 Å². The third kappa shape index (κ3) is 4.97. The standard InChI is InChI=1S/C23H22N2O5/c1-28-20-11-18-9-10-25(14-19(18)12-21(20)29-2)22(26)15-30-23(27)8-7-16-3-5-17(13-24)6-4-16/h3-8,11-12H,9-10,14-15H2,1-2H3/b8-7+. The second-order valence-corrected chi connectivity index (χ2v) is 6.72. The fraction of sp³-hybridized carbons (Fsp3) is 0.261. The van der Waals surface area contributed by atoms with Gasteiger partial charge in [0.1, 0.15) is 0 Å². The molecule has 154 valence electrons. The van der Waals surface area contributed by atoms with Crippen LogP contribution in [0.25, 0.3) is 6.08 Å². The van der Waals surface area contributed by atoms with Crippen LogP contribution < -0.4 is 9.47 Å². The van der Waals surface area contributed by atoms with Gasteiger partial charge in [-0.25, -0.2) is 4.79 Å². The van der Waals surface area contributed by atoms with E-state index in [0.717, 1.165) is 16.7 Å². The summed E-state index contributed by atoms with van der Waals surface area (Å²) in [5, 5.41) is 8.79. The van der Waals surface area contributed by atoms with Crippen molar-refractivity contribution in [1.82, 2.24) is 4.90 Å². The minimum atomic E-state index is -0.600. The Balaban J connectivity index is 1.54. The summed E-state index contributed by atoms with van der Waals surface area (Å²) in [5.74, 6) is 0.427. The Morgan fingerprint density at radius 3 is 2.40 bits per heavy atom. The molecule has 0 fully saturated rings. The number of fused-ring (bicyclic) bond motifs is 1. The summed E-state index contributed by atoms with van der Waals surface area (Å²) >= 11 is 0. The first-order chi connectivity index (χ1) is 14.5. The van der Waals surface area contributed by atoms with Crippen molar-refractivity contribution in [2.24, 2.45) is 0 Å². The maximum Gasteiger partial charge on any atom is 0.331 e. The van der Waals surface area contributed by atoms with E-state index in [1.54, 1.807) is 49.5 Å². The summed E-state index contributed by atoms with van der Waals surface area (Å²) in [7, 11) is 3.16. The number of nitrogens with zero attached hydrogens (tertiary/aromatic N) is 2. The molecule has 2 aromatic carbocycles. The maximum absolute atomic E-state index is 12.5. The Kier molecular flexibility index (Phi) is 6.71. The summed E-state index contributed by atoms with van der Waals surface area (Å²) in [6, 6.07) is 12.6. The van der Waals surface area contributed by atoms with Crippen molar-refractivity contribution in [3.05, 3.63) is 64.7 Å². The molecular weight excluding hydrogens is 384 g/mol. The molecule has 2 aromatic rings. The van der Waals surface area contributed by atoms with Crippen LogP contribution in [0.3, 0.4) is 0 Å². The van der Waals surface area contributed by atoms with Gasteiger partial charge in [0.25, 0.3) is 5.91 Å². The third-order valence-corrected chi connectivity index (χ3v) is 4.86. The minimum Gasteiger partial charge on any atom is -0.493 e. The normalized spacial score (nSPS) is 12.8. The molecule has 0 bridgehead atoms. The molecule has 7 nitrogen and oxygen atoms in total. The van der Waals surface area contributed by atoms with Gasteiger partial charge in [0, 0.05) is 19.2 Å². The Bertz CT molecular complexity index is 1010. The lowest BCUT2D eigenvalue weighted by Crippen LogP contribution is -2.38. The Hall–Kier alpha value is -3.79. The Morgan fingerprint density at radius 2 is 1.77 bits per heavy atom. The smallest absolute Gasteiger partial charge is 0.331 e. The quantitative estimate of drug-likeness (QED) is 0.541. The van der Waals surface area contributed by atoms with Gasteiger partial charge >= 0.3 is 5.97 Å². The number of amides is 1. The highest BCUT2D eigenvalue weighted by Gasteiger charge is 2.23. The van der Waals surface area contributed by atoms with E-state index in [4.69, 9.17) is 19.5 Å². The second-order valence-electron chi connectivity index (χ2n) is 6.72. The predicted molar refractivity (Wildman–Crippen MR) is 110 cm³/mol. The van der Waals surface area contributed by atoms with Crippen molar-refractivity contribution < 1.29 is 23.8 Å². The third-order valence-electron chi connectivity index (χ3n) is 4.86. The molecule has 1 aliphatic heterocycles. The van der Waals surface area contributed by atoms with Crippen LogP contribution >= 0.6 is 0 Å². The van der Waals surface area contributed by atoms with Crippen molar-refractivity contribution in [3.63, 3.8) is 0 Å². The largest absolute Gasteiger partial charge is 0.493 e. The van der Waals surface area contributed by atoms with E-state index >= 15 is 0 Å². The summed E-state index contributed by atoms with van der Waals surface area (Å²) in [6.07, 6.45) is 3.52. The topological polar surface area (TPSA) is 88.9 Å². The van der Waals surface area contributed by atoms with Crippen LogP contribution in [0.1, 0.15) is 22.3 Å². The first-order valence-electron chi connectivity index (χ1n) is 9.40. The monoisotopic (exact) mass is 406 g/mol. The molecule has 1 aliphatic rings. The summed E-state index contributed by atoms with van der Waals surface area (Å²) in [5.41, 5.74) is 3.40. The average molecular weight is 406 g/mol. The molecule has 3 rings (SSSR count). The number of hydrogen-bond donors (Lipinski definition) is 0. The molecule has 1 heterocycles. The number of nitriles is 1. The van der Waals surface area contributed by atoms with Crippen LogP contribution in [0.15, 0.2) is 42.5 Å². The van der Waals surface area contributed by atoms with Crippen molar-refractivity contribution in [2.75, 3.05) is 27.4 Å². The molecule has 0 aromatic heterocycles. The second kappa shape index (κ2) is 9.61. The van der Waals surface area contributed by atoms with Gasteiger partial charge < -0.3 is 19.1 Å². The van der Waals surface area contributed by atoms with E-state index in [1.807, 2.05) is 18.2 Å². The van der Waals surface area contributed by atoms with E-state index in [2.05, 4.69) is 0 Å². The van der Waals surface area contributed by atoms with Crippen molar-refractivity contribution in [1.29, 1.82) is 5.26 Å². The first-order valence-corrected chi connectivity index (χ1v) is 9.40. The molecular formula is C23H22N2O5. The number of esters is 1. The zero-order chi connectivity index (χ0) is 21.5. The number of benzene rings is 2. The highest BCUT2D eigenvalue weighted by Crippen LogP contribution is 2.33. The predicted octanol–water partition coefficient (Wildman–Crippen LogP) is 2.72. The summed E-state index contributed by atoms with van der Waals surface area (Å²) in [4.78, 5) is 26.0. The van der Waals surface area contributed by atoms with E-state index in [0.29, 0.717) is 36.6 Å². The van der Waals surface area contributed by atoms with Crippen LogP contribution in [-0.4, -0.2) is 44.1 Å². The fourth-order valence-corrected chi connectivity index (χ4v) is 3.20. The molecule has 0 unspecified atom stereocenters. The molecule has 1 amide bonds. The number of ether oxygens (including phenoxy) is 3. The molecule has 30 heavy (non-hydrogen) atoms. The highest BCUT2D eigenvalue weighted by atomic mass is 16.5. The number of hydrogen-bond acceptors (Lipinski definition) is 6. The Labute approximate surface area is 175 Å². The van der Waals surface area contributed by atoms with Gasteiger partial charge in [-0.1, -0.05) is 12.1 Å². The van der Waals surface area contributed by atoms with Gasteiger partial charge in [-0.05, 0) is 53.5 Å². The highest BCUT2D eigenvalue weighted by molar-refractivity contribution is 5.89. The van der Waals surface area contributed by atoms with Crippen molar-refractivity contribution in [2.45, 2.75) is 13.0 Å². The molecule has 0 atom stereocenters. The van der Waals surface area contributed by atoms with Gasteiger partial charge in [0.2, 0.25) is 0 Å².